The van der Waals surface area contributed by atoms with Crippen molar-refractivity contribution in [3.05, 3.63) is 94.0 Å². The number of nitro benzene ring substituents is 1. The zero-order chi connectivity index (χ0) is 31.0. The molecule has 0 saturated heterocycles. The van der Waals surface area contributed by atoms with Gasteiger partial charge in [-0.2, -0.15) is 0 Å². The molecule has 3 aromatic rings. The topological polar surface area (TPSA) is 139 Å². The van der Waals surface area contributed by atoms with Gasteiger partial charge in [0.2, 0.25) is 11.8 Å². The van der Waals surface area contributed by atoms with Gasteiger partial charge in [0, 0.05) is 24.2 Å². The van der Waals surface area contributed by atoms with Gasteiger partial charge in [-0.3, -0.25) is 24.0 Å². The number of amides is 2. The molecule has 3 aromatic carbocycles. The highest BCUT2D eigenvalue weighted by molar-refractivity contribution is 7.92. The molecule has 2 amide bonds. The second-order valence-corrected chi connectivity index (χ2v) is 11.9. The van der Waals surface area contributed by atoms with E-state index in [0.717, 1.165) is 15.9 Å². The summed E-state index contributed by atoms with van der Waals surface area (Å²) in [5.74, 6) is -0.508. The maximum atomic E-state index is 14.1. The van der Waals surface area contributed by atoms with Crippen molar-refractivity contribution in [3.63, 3.8) is 0 Å². The number of methoxy groups -OCH3 is 1. The molecular formula is C30H36N4O7S. The summed E-state index contributed by atoms with van der Waals surface area (Å²) in [5, 5.41) is 14.4. The zero-order valence-corrected chi connectivity index (χ0v) is 25.1. The number of benzene rings is 3. The standard InChI is InChI=1S/C30H36N4O7S/c1-6-27(30(36)31-21(2)3)32(19-23-10-8-7-9-11-23)29(35)20-33(24-13-15-25(41-5)16-14-24)42(39,40)26-17-12-22(4)28(18-26)34(37)38/h7-18,21,27H,6,19-20H2,1-5H3,(H,31,36)/t27-/m0/s1. The Labute approximate surface area is 246 Å². The van der Waals surface area contributed by atoms with Crippen LogP contribution in [0.2, 0.25) is 0 Å². The van der Waals surface area contributed by atoms with Gasteiger partial charge in [-0.1, -0.05) is 43.3 Å². The van der Waals surface area contributed by atoms with Gasteiger partial charge >= 0.3 is 0 Å². The van der Waals surface area contributed by atoms with E-state index in [0.29, 0.717) is 11.3 Å². The van der Waals surface area contributed by atoms with Crippen molar-refractivity contribution >= 4 is 33.2 Å². The summed E-state index contributed by atoms with van der Waals surface area (Å²) in [4.78, 5) is 39.2. The Hall–Kier alpha value is -4.45. The van der Waals surface area contributed by atoms with E-state index >= 15 is 0 Å². The Kier molecular flexibility index (Phi) is 10.6. The Morgan fingerprint density at radius 1 is 1.02 bits per heavy atom. The van der Waals surface area contributed by atoms with Gasteiger partial charge in [-0.05, 0) is 63.1 Å². The van der Waals surface area contributed by atoms with Crippen molar-refractivity contribution in [2.24, 2.45) is 0 Å². The van der Waals surface area contributed by atoms with Crippen LogP contribution in [0.25, 0.3) is 0 Å². The van der Waals surface area contributed by atoms with Gasteiger partial charge in [-0.15, -0.1) is 0 Å². The molecule has 3 rings (SSSR count). The molecule has 0 spiro atoms. The van der Waals surface area contributed by atoms with Crippen molar-refractivity contribution in [2.45, 2.75) is 57.6 Å². The lowest BCUT2D eigenvalue weighted by atomic mass is 10.1. The fraction of sp³-hybridized carbons (Fsp3) is 0.333. The largest absolute Gasteiger partial charge is 0.497 e. The van der Waals surface area contributed by atoms with Gasteiger partial charge in [-0.25, -0.2) is 8.42 Å². The smallest absolute Gasteiger partial charge is 0.273 e. The first-order valence-corrected chi connectivity index (χ1v) is 14.9. The van der Waals surface area contributed by atoms with E-state index in [2.05, 4.69) is 5.32 Å². The molecule has 0 fully saturated rings. The van der Waals surface area contributed by atoms with Crippen LogP contribution in [-0.4, -0.2) is 55.8 Å². The maximum Gasteiger partial charge on any atom is 0.273 e. The predicted octanol–water partition coefficient (Wildman–Crippen LogP) is 4.44. The summed E-state index contributed by atoms with van der Waals surface area (Å²) in [7, 11) is -3.01. The first-order valence-electron chi connectivity index (χ1n) is 13.4. The number of aryl methyl sites for hydroxylation is 1. The highest BCUT2D eigenvalue weighted by Gasteiger charge is 2.34. The third-order valence-electron chi connectivity index (χ3n) is 6.62. The van der Waals surface area contributed by atoms with E-state index in [1.165, 1.54) is 43.2 Å². The van der Waals surface area contributed by atoms with E-state index < -0.39 is 33.4 Å². The minimum atomic E-state index is -4.48. The molecular weight excluding hydrogens is 560 g/mol. The number of nitrogens with one attached hydrogen (secondary N) is 1. The molecule has 0 unspecified atom stereocenters. The SMILES string of the molecule is CC[C@@H](C(=O)NC(C)C)N(Cc1ccccc1)C(=O)CN(c1ccc(OC)cc1)S(=O)(=O)c1ccc(C)c([N+](=O)[O-])c1. The predicted molar refractivity (Wildman–Crippen MR) is 160 cm³/mol. The second kappa shape index (κ2) is 13.9. The fourth-order valence-electron chi connectivity index (χ4n) is 4.43. The summed E-state index contributed by atoms with van der Waals surface area (Å²) >= 11 is 0. The number of nitrogens with zero attached hydrogens (tertiary/aromatic N) is 3. The van der Waals surface area contributed by atoms with Crippen LogP contribution in [0.15, 0.2) is 77.7 Å². The van der Waals surface area contributed by atoms with Crippen LogP contribution >= 0.6 is 0 Å². The Morgan fingerprint density at radius 3 is 2.21 bits per heavy atom. The Balaban J connectivity index is 2.11. The number of ether oxygens (including phenoxy) is 1. The molecule has 0 bridgehead atoms. The maximum absolute atomic E-state index is 14.1. The Bertz CT molecular complexity index is 1510. The summed E-state index contributed by atoms with van der Waals surface area (Å²) in [6, 6.07) is 17.7. The average molecular weight is 597 g/mol. The molecule has 0 aliphatic rings. The van der Waals surface area contributed by atoms with Crippen LogP contribution < -0.4 is 14.4 Å². The third kappa shape index (κ3) is 7.64. The van der Waals surface area contributed by atoms with E-state index in [1.54, 1.807) is 19.1 Å². The molecule has 12 heteroatoms. The molecule has 0 heterocycles. The van der Waals surface area contributed by atoms with Gasteiger partial charge in [0.05, 0.1) is 22.6 Å². The lowest BCUT2D eigenvalue weighted by Gasteiger charge is -2.33. The molecule has 1 N–H and O–H groups in total. The normalized spacial score (nSPS) is 12.0. The van der Waals surface area contributed by atoms with Gasteiger partial charge in [0.1, 0.15) is 18.3 Å². The molecule has 224 valence electrons. The van der Waals surface area contributed by atoms with E-state index in [9.17, 15) is 28.1 Å². The first-order chi connectivity index (χ1) is 19.9. The van der Waals surface area contributed by atoms with Crippen LogP contribution in [0.4, 0.5) is 11.4 Å². The van der Waals surface area contributed by atoms with Gasteiger partial charge in [0.15, 0.2) is 0 Å². The van der Waals surface area contributed by atoms with Crippen LogP contribution in [0, 0.1) is 17.0 Å². The molecule has 0 radical (unpaired) electrons. The lowest BCUT2D eigenvalue weighted by molar-refractivity contribution is -0.385. The van der Waals surface area contributed by atoms with Gasteiger partial charge in [0.25, 0.3) is 15.7 Å². The molecule has 0 saturated carbocycles. The van der Waals surface area contributed by atoms with Crippen molar-refractivity contribution in [2.75, 3.05) is 18.0 Å². The van der Waals surface area contributed by atoms with E-state index in [4.69, 9.17) is 4.74 Å². The minimum absolute atomic E-state index is 0.0657. The van der Waals surface area contributed by atoms with E-state index in [-0.39, 0.29) is 41.2 Å². The highest BCUT2D eigenvalue weighted by atomic mass is 32.2. The third-order valence-corrected chi connectivity index (χ3v) is 8.39. The van der Waals surface area contributed by atoms with Crippen molar-refractivity contribution in [1.82, 2.24) is 10.2 Å². The summed E-state index contributed by atoms with van der Waals surface area (Å²) in [6.45, 7) is 6.32. The number of anilines is 1. The number of nitro groups is 1. The molecule has 0 aliphatic carbocycles. The van der Waals surface area contributed by atoms with Crippen LogP contribution in [0.1, 0.15) is 38.3 Å². The van der Waals surface area contributed by atoms with Crippen LogP contribution in [0.3, 0.4) is 0 Å². The van der Waals surface area contributed by atoms with Crippen LogP contribution in [0.5, 0.6) is 5.75 Å². The molecule has 1 atom stereocenters. The lowest BCUT2D eigenvalue weighted by Crippen LogP contribution is -2.53. The molecule has 0 aliphatic heterocycles. The quantitative estimate of drug-likeness (QED) is 0.227. The number of hydrogen-bond donors (Lipinski definition) is 1. The highest BCUT2D eigenvalue weighted by Crippen LogP contribution is 2.29. The first kappa shape index (κ1) is 32.1. The summed E-state index contributed by atoms with van der Waals surface area (Å²) in [5.41, 5.74) is 0.836. The monoisotopic (exact) mass is 596 g/mol. The number of hydrogen-bond acceptors (Lipinski definition) is 7. The molecule has 11 nitrogen and oxygen atoms in total. The van der Waals surface area contributed by atoms with E-state index in [1.807, 2.05) is 44.2 Å². The van der Waals surface area contributed by atoms with Gasteiger partial charge < -0.3 is 15.0 Å². The average Bonchev–Trinajstić information content (AvgIpc) is 2.95. The zero-order valence-electron chi connectivity index (χ0n) is 24.3. The number of carbonyl (C=O) groups excluding carboxylic acids is 2. The molecule has 42 heavy (non-hydrogen) atoms. The minimum Gasteiger partial charge on any atom is -0.497 e. The number of sulfonamides is 1. The number of carbonyl (C=O) groups is 2. The second-order valence-electron chi connectivity index (χ2n) is 10.0. The summed E-state index contributed by atoms with van der Waals surface area (Å²) < 4.78 is 34.2. The fourth-order valence-corrected chi connectivity index (χ4v) is 5.87. The molecule has 0 aromatic heterocycles. The van der Waals surface area contributed by atoms with Crippen LogP contribution in [-0.2, 0) is 26.2 Å². The summed E-state index contributed by atoms with van der Waals surface area (Å²) in [6.07, 6.45) is 0.288. The number of rotatable bonds is 13. The van der Waals surface area contributed by atoms with Crippen molar-refractivity contribution in [1.29, 1.82) is 0 Å². The van der Waals surface area contributed by atoms with Crippen molar-refractivity contribution < 1.29 is 27.7 Å². The Morgan fingerprint density at radius 2 is 1.67 bits per heavy atom. The van der Waals surface area contributed by atoms with Crippen molar-refractivity contribution in [3.8, 4) is 5.75 Å².